The molecule has 0 aromatic heterocycles. The number of carbonyl (C=O) groups is 1. The van der Waals surface area contributed by atoms with E-state index in [1.54, 1.807) is 18.2 Å². The summed E-state index contributed by atoms with van der Waals surface area (Å²) in [7, 11) is 0. The maximum Gasteiger partial charge on any atom is 0.251 e. The van der Waals surface area contributed by atoms with E-state index in [0.29, 0.717) is 16.7 Å². The summed E-state index contributed by atoms with van der Waals surface area (Å²) in [5.41, 5.74) is 1.44. The number of nitrogens with zero attached hydrogens (tertiary/aromatic N) is 1. The van der Waals surface area contributed by atoms with Gasteiger partial charge in [-0.05, 0) is 56.3 Å². The molecule has 128 valence electrons. The van der Waals surface area contributed by atoms with Crippen LogP contribution < -0.4 is 10.6 Å². The number of hydrogen-bond acceptors (Lipinski definition) is 4. The van der Waals surface area contributed by atoms with Crippen LogP contribution in [0, 0.1) is 17.1 Å². The predicted molar refractivity (Wildman–Crippen MR) is 91.5 cm³/mol. The van der Waals surface area contributed by atoms with E-state index in [0.717, 1.165) is 5.69 Å². The van der Waals surface area contributed by atoms with E-state index in [4.69, 9.17) is 5.26 Å². The van der Waals surface area contributed by atoms with Crippen LogP contribution in [0.5, 0.6) is 0 Å². The Kier molecular flexibility index (Phi) is 4.19. The van der Waals surface area contributed by atoms with Gasteiger partial charge in [-0.15, -0.1) is 0 Å². The Hall–Kier alpha value is -2.91. The van der Waals surface area contributed by atoms with Gasteiger partial charge in [-0.1, -0.05) is 0 Å². The topological polar surface area (TPSA) is 85.2 Å². The number of anilines is 1. The molecule has 0 radical (unpaired) electrons. The van der Waals surface area contributed by atoms with Crippen molar-refractivity contribution in [1.29, 1.82) is 5.26 Å². The minimum atomic E-state index is -0.918. The molecule has 5 nitrogen and oxygen atoms in total. The number of nitriles is 1. The lowest BCUT2D eigenvalue weighted by Gasteiger charge is -2.43. The van der Waals surface area contributed by atoms with Crippen molar-refractivity contribution in [2.75, 3.05) is 5.32 Å². The van der Waals surface area contributed by atoms with Crippen molar-refractivity contribution in [2.45, 2.75) is 31.5 Å². The molecule has 1 heterocycles. The highest BCUT2D eigenvalue weighted by molar-refractivity contribution is 5.94. The molecular weight excluding hydrogens is 321 g/mol. The summed E-state index contributed by atoms with van der Waals surface area (Å²) in [6, 6.07) is 11.6. The average Bonchev–Trinajstić information content (AvgIpc) is 2.59. The first-order chi connectivity index (χ1) is 11.8. The second-order valence-electron chi connectivity index (χ2n) is 6.66. The van der Waals surface area contributed by atoms with Gasteiger partial charge in [0.05, 0.1) is 23.2 Å². The van der Waals surface area contributed by atoms with Gasteiger partial charge in [0.2, 0.25) is 0 Å². The molecule has 2 aromatic carbocycles. The van der Waals surface area contributed by atoms with Crippen LogP contribution in [0.3, 0.4) is 0 Å². The molecule has 0 saturated heterocycles. The van der Waals surface area contributed by atoms with Crippen LogP contribution >= 0.6 is 0 Å². The highest BCUT2D eigenvalue weighted by Gasteiger charge is 2.41. The summed E-state index contributed by atoms with van der Waals surface area (Å²) in [6.07, 6.45) is -0.918. The van der Waals surface area contributed by atoms with Gasteiger partial charge in [-0.2, -0.15) is 5.26 Å². The van der Waals surface area contributed by atoms with Gasteiger partial charge in [-0.3, -0.25) is 4.79 Å². The van der Waals surface area contributed by atoms with Crippen molar-refractivity contribution in [3.05, 3.63) is 65.0 Å². The number of benzene rings is 2. The molecule has 1 aliphatic heterocycles. The molecular formula is C19H18FN3O2. The normalized spacial score (nSPS) is 20.8. The number of nitrogens with one attached hydrogen (secondary N) is 2. The fraction of sp³-hybridized carbons (Fsp3) is 0.263. The van der Waals surface area contributed by atoms with E-state index in [1.807, 2.05) is 13.8 Å². The molecule has 2 aromatic rings. The summed E-state index contributed by atoms with van der Waals surface area (Å²) in [5, 5.41) is 25.9. The van der Waals surface area contributed by atoms with Crippen LogP contribution in [0.1, 0.15) is 41.4 Å². The lowest BCUT2D eigenvalue weighted by molar-refractivity contribution is 0.0599. The van der Waals surface area contributed by atoms with E-state index in [2.05, 4.69) is 16.7 Å². The lowest BCUT2D eigenvalue weighted by Crippen LogP contribution is -2.54. The SMILES string of the molecule is CC1(C)Nc2ccc(C#N)cc2C(NC(=O)c2ccc(F)cc2)C1O. The number of carbonyl (C=O) groups excluding carboxylic acids is 1. The Bertz CT molecular complexity index is 856. The van der Waals surface area contributed by atoms with Gasteiger partial charge in [0.15, 0.2) is 0 Å². The maximum atomic E-state index is 13.0. The van der Waals surface area contributed by atoms with E-state index in [-0.39, 0.29) is 0 Å². The summed E-state index contributed by atoms with van der Waals surface area (Å²) >= 11 is 0. The predicted octanol–water partition coefficient (Wildman–Crippen LogP) is 2.73. The molecule has 0 saturated carbocycles. The quantitative estimate of drug-likeness (QED) is 0.785. The van der Waals surface area contributed by atoms with Gasteiger partial charge in [0.25, 0.3) is 5.91 Å². The van der Waals surface area contributed by atoms with Gasteiger partial charge >= 0.3 is 0 Å². The minimum Gasteiger partial charge on any atom is -0.388 e. The Labute approximate surface area is 145 Å². The third kappa shape index (κ3) is 3.19. The minimum absolute atomic E-state index is 0.294. The van der Waals surface area contributed by atoms with E-state index < -0.39 is 29.4 Å². The first-order valence-corrected chi connectivity index (χ1v) is 7.88. The van der Waals surface area contributed by atoms with Crippen molar-refractivity contribution < 1.29 is 14.3 Å². The van der Waals surface area contributed by atoms with Gasteiger partial charge < -0.3 is 15.7 Å². The molecule has 2 atom stereocenters. The fourth-order valence-corrected chi connectivity index (χ4v) is 2.99. The summed E-state index contributed by atoms with van der Waals surface area (Å²) in [6.45, 7) is 3.66. The monoisotopic (exact) mass is 339 g/mol. The molecule has 3 N–H and O–H groups in total. The number of aliphatic hydroxyl groups is 1. The molecule has 0 fully saturated rings. The summed E-state index contributed by atoms with van der Waals surface area (Å²) in [5.74, 6) is -0.848. The molecule has 2 unspecified atom stereocenters. The van der Waals surface area contributed by atoms with Gasteiger partial charge in [0.1, 0.15) is 11.9 Å². The van der Waals surface area contributed by atoms with E-state index >= 15 is 0 Å². The third-order valence-corrected chi connectivity index (χ3v) is 4.42. The van der Waals surface area contributed by atoms with Crippen LogP contribution in [-0.2, 0) is 0 Å². The lowest BCUT2D eigenvalue weighted by atomic mass is 9.82. The Morgan fingerprint density at radius 2 is 1.96 bits per heavy atom. The number of halogens is 1. The van der Waals surface area contributed by atoms with Gasteiger partial charge in [-0.25, -0.2) is 4.39 Å². The second kappa shape index (κ2) is 6.19. The average molecular weight is 339 g/mol. The number of rotatable bonds is 2. The van der Waals surface area contributed by atoms with Crippen molar-refractivity contribution in [3.8, 4) is 6.07 Å². The zero-order chi connectivity index (χ0) is 18.2. The Morgan fingerprint density at radius 3 is 2.60 bits per heavy atom. The Morgan fingerprint density at radius 1 is 1.28 bits per heavy atom. The van der Waals surface area contributed by atoms with Crippen molar-refractivity contribution in [3.63, 3.8) is 0 Å². The van der Waals surface area contributed by atoms with Gasteiger partial charge in [0, 0.05) is 16.8 Å². The zero-order valence-electron chi connectivity index (χ0n) is 13.9. The van der Waals surface area contributed by atoms with Crippen molar-refractivity contribution >= 4 is 11.6 Å². The van der Waals surface area contributed by atoms with Crippen molar-refractivity contribution in [2.24, 2.45) is 0 Å². The molecule has 0 spiro atoms. The standard InChI is InChI=1S/C19H18FN3O2/c1-19(2)17(24)16(14-9-11(10-21)3-8-15(14)23-19)22-18(25)12-4-6-13(20)7-5-12/h3-9,16-17,23-24H,1-2H3,(H,22,25). The summed E-state index contributed by atoms with van der Waals surface area (Å²) < 4.78 is 13.0. The number of aliphatic hydroxyl groups excluding tert-OH is 1. The van der Waals surface area contributed by atoms with Crippen LogP contribution in [0.15, 0.2) is 42.5 Å². The Balaban J connectivity index is 1.97. The number of fused-ring (bicyclic) bond motifs is 1. The van der Waals surface area contributed by atoms with E-state index in [1.165, 1.54) is 24.3 Å². The fourth-order valence-electron chi connectivity index (χ4n) is 2.99. The summed E-state index contributed by atoms with van der Waals surface area (Å²) in [4.78, 5) is 12.5. The molecule has 6 heteroatoms. The molecule has 1 amide bonds. The highest BCUT2D eigenvalue weighted by Crippen LogP contribution is 2.38. The first kappa shape index (κ1) is 16.9. The highest BCUT2D eigenvalue weighted by atomic mass is 19.1. The first-order valence-electron chi connectivity index (χ1n) is 7.88. The molecule has 0 aliphatic carbocycles. The van der Waals surface area contributed by atoms with Crippen LogP contribution in [-0.4, -0.2) is 22.7 Å². The number of hydrogen-bond donors (Lipinski definition) is 3. The van der Waals surface area contributed by atoms with Crippen molar-refractivity contribution in [1.82, 2.24) is 5.32 Å². The molecule has 1 aliphatic rings. The van der Waals surface area contributed by atoms with Crippen LogP contribution in [0.25, 0.3) is 0 Å². The van der Waals surface area contributed by atoms with E-state index in [9.17, 15) is 14.3 Å². The number of amides is 1. The largest absolute Gasteiger partial charge is 0.388 e. The maximum absolute atomic E-state index is 13.0. The molecule has 25 heavy (non-hydrogen) atoms. The molecule has 3 rings (SSSR count). The van der Waals surface area contributed by atoms with Crippen LogP contribution in [0.2, 0.25) is 0 Å². The smallest absolute Gasteiger partial charge is 0.251 e. The van der Waals surface area contributed by atoms with Crippen LogP contribution in [0.4, 0.5) is 10.1 Å². The second-order valence-corrected chi connectivity index (χ2v) is 6.66. The zero-order valence-corrected chi connectivity index (χ0v) is 13.9. The molecule has 0 bridgehead atoms. The third-order valence-electron chi connectivity index (χ3n) is 4.42.